The number of amides is 2. The van der Waals surface area contributed by atoms with Crippen molar-refractivity contribution in [1.29, 1.82) is 0 Å². The third kappa shape index (κ3) is 9.33. The number of nitrogens with two attached hydrogens (primary N) is 2. The average molecular weight is 761 g/mol. The number of carbonyl (C=O) groups is 3. The van der Waals surface area contributed by atoms with Gasteiger partial charge in [-0.05, 0) is 72.5 Å². The molecule has 0 aromatic heterocycles. The van der Waals surface area contributed by atoms with Crippen molar-refractivity contribution in [2.75, 3.05) is 78.3 Å². The highest BCUT2D eigenvalue weighted by Gasteiger charge is 2.41. The summed E-state index contributed by atoms with van der Waals surface area (Å²) in [7, 11) is 13.2. The number of nitrogens with zero attached hydrogens (tertiary/aromatic N) is 4. The highest BCUT2D eigenvalue weighted by molar-refractivity contribution is 6.11. The van der Waals surface area contributed by atoms with Crippen LogP contribution in [-0.4, -0.2) is 95.0 Å². The van der Waals surface area contributed by atoms with E-state index in [1.807, 2.05) is 72.9 Å². The molecular formula is C47H64N6O3+2. The van der Waals surface area contributed by atoms with Gasteiger partial charge in [0.15, 0.2) is 5.78 Å². The molecule has 298 valence electrons. The Balaban J connectivity index is 1.33. The maximum atomic E-state index is 13.5. The van der Waals surface area contributed by atoms with Crippen molar-refractivity contribution >= 4 is 29.0 Å². The molecular weight excluding hydrogens is 697 g/mol. The molecule has 4 N–H and O–H groups in total. The summed E-state index contributed by atoms with van der Waals surface area (Å²) in [5, 5.41) is 0. The zero-order chi connectivity index (χ0) is 41.2. The van der Waals surface area contributed by atoms with E-state index in [0.717, 1.165) is 93.0 Å². The minimum atomic E-state index is -0.426. The number of quaternary nitrogens is 2. The number of primary amides is 2. The highest BCUT2D eigenvalue weighted by Crippen LogP contribution is 2.49. The van der Waals surface area contributed by atoms with Gasteiger partial charge in [0.25, 0.3) is 0 Å². The van der Waals surface area contributed by atoms with E-state index < -0.39 is 11.8 Å². The molecule has 0 atom stereocenters. The van der Waals surface area contributed by atoms with Crippen LogP contribution in [0, 0.1) is 0 Å². The zero-order valence-electron chi connectivity index (χ0n) is 35.4. The summed E-state index contributed by atoms with van der Waals surface area (Å²) in [4.78, 5) is 42.3. The second-order valence-corrected chi connectivity index (χ2v) is 18.6. The summed E-state index contributed by atoms with van der Waals surface area (Å²) in [5.41, 5.74) is 20.0. The van der Waals surface area contributed by atoms with Crippen LogP contribution in [0.3, 0.4) is 0 Å². The fourth-order valence-electron chi connectivity index (χ4n) is 8.20. The first kappa shape index (κ1) is 42.2. The van der Waals surface area contributed by atoms with Crippen molar-refractivity contribution in [3.8, 4) is 0 Å². The van der Waals surface area contributed by atoms with Crippen LogP contribution in [-0.2, 0) is 15.6 Å². The first-order chi connectivity index (χ1) is 26.1. The van der Waals surface area contributed by atoms with Crippen LogP contribution < -0.4 is 21.3 Å². The van der Waals surface area contributed by atoms with Gasteiger partial charge in [-0.25, -0.2) is 0 Å². The van der Waals surface area contributed by atoms with Gasteiger partial charge >= 0.3 is 0 Å². The lowest BCUT2D eigenvalue weighted by Crippen LogP contribution is -2.37. The van der Waals surface area contributed by atoms with Crippen molar-refractivity contribution in [2.45, 2.75) is 64.2 Å². The second-order valence-electron chi connectivity index (χ2n) is 18.6. The van der Waals surface area contributed by atoms with Gasteiger partial charge in [0, 0.05) is 81.8 Å². The zero-order valence-corrected chi connectivity index (χ0v) is 35.4. The van der Waals surface area contributed by atoms with Crippen molar-refractivity contribution in [3.05, 3.63) is 130 Å². The Hall–Kier alpha value is -4.99. The van der Waals surface area contributed by atoms with Gasteiger partial charge in [0.2, 0.25) is 11.8 Å². The number of carbonyl (C=O) groups excluding carboxylic acids is 3. The Morgan fingerprint density at radius 2 is 0.982 bits per heavy atom. The fraction of sp³-hybridized carbons (Fsp3) is 0.426. The molecule has 0 saturated heterocycles. The summed E-state index contributed by atoms with van der Waals surface area (Å²) < 4.78 is 1.77. The summed E-state index contributed by atoms with van der Waals surface area (Å²) in [6.45, 7) is 12.5. The largest absolute Gasteiger partial charge is 0.366 e. The molecule has 1 fully saturated rings. The summed E-state index contributed by atoms with van der Waals surface area (Å²) >= 11 is 0. The van der Waals surface area contributed by atoms with Gasteiger partial charge in [-0.2, -0.15) is 0 Å². The number of hydrogen-bond acceptors (Lipinski definition) is 5. The predicted octanol–water partition coefficient (Wildman–Crippen LogP) is 7.07. The number of rotatable bonds is 14. The van der Waals surface area contributed by atoms with Crippen LogP contribution in [0.5, 0.6) is 0 Å². The van der Waals surface area contributed by atoms with Crippen LogP contribution in [0.25, 0.3) is 0 Å². The predicted molar refractivity (Wildman–Crippen MR) is 231 cm³/mol. The molecule has 56 heavy (non-hydrogen) atoms. The molecule has 0 unspecified atom stereocenters. The molecule has 2 aliphatic heterocycles. The molecule has 0 bridgehead atoms. The van der Waals surface area contributed by atoms with Crippen molar-refractivity contribution in [1.82, 2.24) is 0 Å². The van der Waals surface area contributed by atoms with Gasteiger partial charge in [-0.1, -0.05) is 64.2 Å². The Bertz CT molecular complexity index is 1920. The monoisotopic (exact) mass is 761 g/mol. The maximum absolute atomic E-state index is 13.5. The molecule has 2 aromatic rings. The van der Waals surface area contributed by atoms with Gasteiger partial charge in [0.1, 0.15) is 0 Å². The van der Waals surface area contributed by atoms with Crippen LogP contribution in [0.4, 0.5) is 11.4 Å². The van der Waals surface area contributed by atoms with Crippen LogP contribution in [0.1, 0.15) is 85.2 Å². The first-order valence-corrected chi connectivity index (χ1v) is 19.9. The van der Waals surface area contributed by atoms with Gasteiger partial charge in [-0.15, -0.1) is 0 Å². The molecule has 9 heteroatoms. The first-order valence-electron chi connectivity index (χ1n) is 19.9. The van der Waals surface area contributed by atoms with E-state index in [4.69, 9.17) is 11.5 Å². The maximum Gasteiger partial charge on any atom is 0.248 e. The van der Waals surface area contributed by atoms with E-state index in [1.165, 1.54) is 0 Å². The van der Waals surface area contributed by atoms with Crippen LogP contribution in [0.2, 0.25) is 0 Å². The molecule has 2 aromatic carbocycles. The number of anilines is 2. The number of benzene rings is 2. The molecule has 1 saturated carbocycles. The minimum Gasteiger partial charge on any atom is -0.366 e. The quantitative estimate of drug-likeness (QED) is 0.158. The van der Waals surface area contributed by atoms with E-state index in [2.05, 4.69) is 91.9 Å². The minimum absolute atomic E-state index is 0.0867. The Morgan fingerprint density at radius 1 is 0.625 bits per heavy atom. The Morgan fingerprint density at radius 3 is 1.32 bits per heavy atom. The lowest BCUT2D eigenvalue weighted by atomic mass is 9.83. The molecule has 2 heterocycles. The highest BCUT2D eigenvalue weighted by atomic mass is 16.1. The number of allylic oxidation sites excluding steroid dienone is 12. The third-order valence-electron chi connectivity index (χ3n) is 11.3. The topological polar surface area (TPSA) is 110 Å². The van der Waals surface area contributed by atoms with E-state index in [0.29, 0.717) is 24.0 Å². The molecule has 5 rings (SSSR count). The van der Waals surface area contributed by atoms with Crippen molar-refractivity contribution in [2.24, 2.45) is 11.5 Å². The molecule has 2 amide bonds. The number of Topliss-reactive ketones (excluding diaryl/α,β-unsaturated/α-hetero) is 1. The smallest absolute Gasteiger partial charge is 0.248 e. The summed E-state index contributed by atoms with van der Waals surface area (Å²) in [6, 6.07) is 11.5. The lowest BCUT2D eigenvalue weighted by Gasteiger charge is -2.29. The van der Waals surface area contributed by atoms with Gasteiger partial charge in [0.05, 0.1) is 55.4 Å². The number of fused-ring (bicyclic) bond motifs is 2. The number of hydrogen-bond donors (Lipinski definition) is 2. The third-order valence-corrected chi connectivity index (χ3v) is 11.3. The van der Waals surface area contributed by atoms with Crippen LogP contribution in [0.15, 0.2) is 108 Å². The molecule has 3 aliphatic rings. The van der Waals surface area contributed by atoms with Crippen LogP contribution >= 0.6 is 0 Å². The molecule has 0 radical (unpaired) electrons. The molecule has 9 nitrogen and oxygen atoms in total. The van der Waals surface area contributed by atoms with E-state index >= 15 is 0 Å². The molecule has 1 aliphatic carbocycles. The van der Waals surface area contributed by atoms with Gasteiger partial charge in [-0.3, -0.25) is 14.4 Å². The molecule has 0 spiro atoms. The Kier molecular flexibility index (Phi) is 12.2. The van der Waals surface area contributed by atoms with E-state index in [-0.39, 0.29) is 16.6 Å². The normalized spacial score (nSPS) is 20.8. The summed E-state index contributed by atoms with van der Waals surface area (Å²) in [6.07, 6.45) is 19.6. The fourth-order valence-corrected chi connectivity index (χ4v) is 8.20. The Labute approximate surface area is 335 Å². The SMILES string of the molecule is CC1(C)C(=CC=CC=C2CCC(=CC=CC=C3N(CCC[N+](C)(C)C)c4ccc(C(N)=O)cc4C3(C)C)C2=O)N(CCC[N+](C)(C)C)c2ccc(C(N)=O)cc21. The van der Waals surface area contributed by atoms with Crippen molar-refractivity contribution in [3.63, 3.8) is 0 Å². The lowest BCUT2D eigenvalue weighted by molar-refractivity contribution is -0.870. The van der Waals surface area contributed by atoms with Crippen molar-refractivity contribution < 1.29 is 23.3 Å². The van der Waals surface area contributed by atoms with E-state index in [1.54, 1.807) is 0 Å². The second kappa shape index (κ2) is 16.2. The van der Waals surface area contributed by atoms with E-state index in [9.17, 15) is 14.4 Å². The van der Waals surface area contributed by atoms with Gasteiger partial charge < -0.3 is 30.2 Å². The summed E-state index contributed by atoms with van der Waals surface area (Å²) in [5.74, 6) is -0.766. The number of ketones is 1. The standard InChI is InChI=1S/C47H62N6O3/c1-46(2)37-31-35(44(48)55)23-25-39(37)50(27-15-29-52(5,6)7)41(46)19-13-11-17-33-21-22-34(43(33)54)18-12-14-20-42-47(3,4)38-32-36(45(49)56)24-26-40(38)51(42)28-16-30-53(8,9)10/h11-14,17-20,23-26,31-32H,15-16,21-22,27-30H2,1-10H3,(H2-2,48,49,55,56)/p+2. The average Bonchev–Trinajstić information content (AvgIpc) is 3.63.